The largest absolute Gasteiger partial charge is 0.494 e. The molecule has 0 radical (unpaired) electrons. The summed E-state index contributed by atoms with van der Waals surface area (Å²) in [5.74, 6) is -1.00. The van der Waals surface area contributed by atoms with E-state index in [4.69, 9.17) is 4.74 Å². The number of nitrogens with one attached hydrogen (secondary N) is 3. The first-order valence-electron chi connectivity index (χ1n) is 10.3. The van der Waals surface area contributed by atoms with Crippen molar-refractivity contribution in [3.05, 3.63) is 59.2 Å². The number of amides is 2. The molecule has 2 aromatic carbocycles. The topological polar surface area (TPSA) is 117 Å². The average Bonchev–Trinajstić information content (AvgIpc) is 3.20. The van der Waals surface area contributed by atoms with E-state index in [1.165, 1.54) is 5.56 Å². The predicted octanol–water partition coefficient (Wildman–Crippen LogP) is 2.74. The first-order valence-corrected chi connectivity index (χ1v) is 10.3. The highest BCUT2D eigenvalue weighted by molar-refractivity contribution is 5.93. The summed E-state index contributed by atoms with van der Waals surface area (Å²) < 4.78 is 5.39. The van der Waals surface area contributed by atoms with E-state index in [-0.39, 0.29) is 31.1 Å². The minimum Gasteiger partial charge on any atom is -0.494 e. The van der Waals surface area contributed by atoms with Gasteiger partial charge >= 0.3 is 5.97 Å². The van der Waals surface area contributed by atoms with E-state index in [0.29, 0.717) is 23.6 Å². The molecule has 0 aliphatic carbocycles. The van der Waals surface area contributed by atoms with Crippen molar-refractivity contribution in [3.63, 3.8) is 0 Å². The Morgan fingerprint density at radius 1 is 1.03 bits per heavy atom. The molecular weight excluding hydrogens is 398 g/mol. The molecule has 1 aliphatic heterocycles. The molecule has 164 valence electrons. The number of carbonyl (C=O) groups excluding carboxylic acids is 2. The Balaban J connectivity index is 1.52. The van der Waals surface area contributed by atoms with Crippen LogP contribution in [0.4, 0.5) is 5.69 Å². The van der Waals surface area contributed by atoms with Crippen LogP contribution < -0.4 is 20.7 Å². The van der Waals surface area contributed by atoms with Gasteiger partial charge in [-0.15, -0.1) is 0 Å². The van der Waals surface area contributed by atoms with Crippen molar-refractivity contribution in [2.75, 3.05) is 11.9 Å². The standard InChI is InChI=1S/C23H27N3O5/c1-2-31-19-7-4-15(5-8-19)20(12-23(29)30)26-22(28)10-9-21(27)25-18-6-3-16-13-24-14-17(16)11-18/h3-8,11,20,24H,2,9-10,12-14H2,1H3,(H,25,27)(H,26,28)(H,29,30). The predicted molar refractivity (Wildman–Crippen MR) is 116 cm³/mol. The molecule has 8 heteroatoms. The molecule has 0 bridgehead atoms. The van der Waals surface area contributed by atoms with E-state index in [1.54, 1.807) is 24.3 Å². The molecule has 1 aliphatic rings. The number of fused-ring (bicyclic) bond motifs is 1. The quantitative estimate of drug-likeness (QED) is 0.465. The Labute approximate surface area is 181 Å². The van der Waals surface area contributed by atoms with Gasteiger partial charge in [-0.3, -0.25) is 14.4 Å². The lowest BCUT2D eigenvalue weighted by Gasteiger charge is -2.18. The zero-order chi connectivity index (χ0) is 22.2. The SMILES string of the molecule is CCOc1ccc(C(CC(=O)O)NC(=O)CCC(=O)Nc2ccc3c(c2)CNC3)cc1. The number of carboxylic acid groups (broad SMARTS) is 1. The summed E-state index contributed by atoms with van der Waals surface area (Å²) in [6, 6.07) is 12.0. The highest BCUT2D eigenvalue weighted by atomic mass is 16.5. The first kappa shape index (κ1) is 22.3. The number of anilines is 1. The van der Waals surface area contributed by atoms with E-state index in [1.807, 2.05) is 25.1 Å². The zero-order valence-corrected chi connectivity index (χ0v) is 17.4. The van der Waals surface area contributed by atoms with E-state index < -0.39 is 12.0 Å². The molecule has 8 nitrogen and oxygen atoms in total. The van der Waals surface area contributed by atoms with Crippen molar-refractivity contribution in [2.45, 2.75) is 45.3 Å². The Morgan fingerprint density at radius 2 is 1.74 bits per heavy atom. The number of carbonyl (C=O) groups is 3. The van der Waals surface area contributed by atoms with E-state index >= 15 is 0 Å². The fraction of sp³-hybridized carbons (Fsp3) is 0.348. The van der Waals surface area contributed by atoms with E-state index in [0.717, 1.165) is 18.7 Å². The molecule has 0 saturated carbocycles. The van der Waals surface area contributed by atoms with Crippen molar-refractivity contribution >= 4 is 23.5 Å². The van der Waals surface area contributed by atoms with Crippen LogP contribution in [0.1, 0.15) is 48.9 Å². The van der Waals surface area contributed by atoms with Crippen LogP contribution >= 0.6 is 0 Å². The summed E-state index contributed by atoms with van der Waals surface area (Å²) in [5, 5.41) is 18.0. The second kappa shape index (κ2) is 10.6. The van der Waals surface area contributed by atoms with Gasteiger partial charge in [0.05, 0.1) is 19.1 Å². The highest BCUT2D eigenvalue weighted by Gasteiger charge is 2.19. The number of rotatable bonds is 10. The Morgan fingerprint density at radius 3 is 2.45 bits per heavy atom. The molecule has 3 rings (SSSR count). The third-order valence-electron chi connectivity index (χ3n) is 5.01. The third kappa shape index (κ3) is 6.55. The number of hydrogen-bond donors (Lipinski definition) is 4. The van der Waals surface area contributed by atoms with Crippen LogP contribution in [0.5, 0.6) is 5.75 Å². The van der Waals surface area contributed by atoms with Gasteiger partial charge in [0.1, 0.15) is 5.75 Å². The number of hydrogen-bond acceptors (Lipinski definition) is 5. The van der Waals surface area contributed by atoms with Crippen molar-refractivity contribution in [3.8, 4) is 5.75 Å². The average molecular weight is 425 g/mol. The number of carboxylic acids is 1. The van der Waals surface area contributed by atoms with Gasteiger partial charge in [-0.05, 0) is 47.9 Å². The smallest absolute Gasteiger partial charge is 0.305 e. The summed E-state index contributed by atoms with van der Waals surface area (Å²) >= 11 is 0. The Kier molecular flexibility index (Phi) is 7.61. The van der Waals surface area contributed by atoms with Gasteiger partial charge in [0, 0.05) is 31.6 Å². The maximum atomic E-state index is 12.4. The lowest BCUT2D eigenvalue weighted by Crippen LogP contribution is -2.30. The van der Waals surface area contributed by atoms with Crippen LogP contribution in [0, 0.1) is 0 Å². The summed E-state index contributed by atoms with van der Waals surface area (Å²) in [5.41, 5.74) is 3.74. The van der Waals surface area contributed by atoms with Crippen LogP contribution in [0.15, 0.2) is 42.5 Å². The first-order chi connectivity index (χ1) is 14.9. The van der Waals surface area contributed by atoms with Gasteiger partial charge in [-0.2, -0.15) is 0 Å². The van der Waals surface area contributed by atoms with Crippen LogP contribution in [0.3, 0.4) is 0 Å². The molecule has 1 unspecified atom stereocenters. The Hall–Kier alpha value is -3.39. The third-order valence-corrected chi connectivity index (χ3v) is 5.01. The fourth-order valence-corrected chi connectivity index (χ4v) is 3.48. The van der Waals surface area contributed by atoms with Crippen molar-refractivity contribution < 1.29 is 24.2 Å². The lowest BCUT2D eigenvalue weighted by molar-refractivity contribution is -0.138. The van der Waals surface area contributed by atoms with Crippen molar-refractivity contribution in [1.29, 1.82) is 0 Å². The van der Waals surface area contributed by atoms with Crippen LogP contribution in [0.25, 0.3) is 0 Å². The number of ether oxygens (including phenoxy) is 1. The van der Waals surface area contributed by atoms with Crippen molar-refractivity contribution in [1.82, 2.24) is 10.6 Å². The fourth-order valence-electron chi connectivity index (χ4n) is 3.48. The van der Waals surface area contributed by atoms with Gasteiger partial charge in [0.15, 0.2) is 0 Å². The number of benzene rings is 2. The summed E-state index contributed by atoms with van der Waals surface area (Å²) in [6.45, 7) is 4.01. The van der Waals surface area contributed by atoms with Crippen LogP contribution in [0.2, 0.25) is 0 Å². The van der Waals surface area contributed by atoms with Crippen molar-refractivity contribution in [2.24, 2.45) is 0 Å². The molecule has 2 aromatic rings. The van der Waals surface area contributed by atoms with Gasteiger partial charge in [0.2, 0.25) is 11.8 Å². The second-order valence-corrected chi connectivity index (χ2v) is 7.36. The molecule has 31 heavy (non-hydrogen) atoms. The highest BCUT2D eigenvalue weighted by Crippen LogP contribution is 2.22. The van der Waals surface area contributed by atoms with Gasteiger partial charge in [-0.25, -0.2) is 0 Å². The summed E-state index contributed by atoms with van der Waals surface area (Å²) in [7, 11) is 0. The van der Waals surface area contributed by atoms with E-state index in [9.17, 15) is 19.5 Å². The second-order valence-electron chi connectivity index (χ2n) is 7.36. The lowest BCUT2D eigenvalue weighted by atomic mass is 10.0. The maximum absolute atomic E-state index is 12.4. The summed E-state index contributed by atoms with van der Waals surface area (Å²) in [4.78, 5) is 35.8. The minimum absolute atomic E-state index is 0.00420. The molecule has 4 N–H and O–H groups in total. The normalized spacial score (nSPS) is 13.2. The van der Waals surface area contributed by atoms with Gasteiger partial charge in [0.25, 0.3) is 0 Å². The van der Waals surface area contributed by atoms with Crippen LogP contribution in [-0.2, 0) is 27.5 Å². The molecule has 1 atom stereocenters. The molecule has 0 spiro atoms. The maximum Gasteiger partial charge on any atom is 0.305 e. The monoisotopic (exact) mass is 425 g/mol. The molecule has 1 heterocycles. The van der Waals surface area contributed by atoms with E-state index in [2.05, 4.69) is 16.0 Å². The molecular formula is C23H27N3O5. The van der Waals surface area contributed by atoms with Gasteiger partial charge < -0.3 is 25.8 Å². The molecule has 0 aromatic heterocycles. The molecule has 0 saturated heterocycles. The van der Waals surface area contributed by atoms with Gasteiger partial charge in [-0.1, -0.05) is 18.2 Å². The zero-order valence-electron chi connectivity index (χ0n) is 17.4. The van der Waals surface area contributed by atoms with Crippen LogP contribution in [-0.4, -0.2) is 29.5 Å². The molecule has 2 amide bonds. The number of aliphatic carboxylic acids is 1. The Bertz CT molecular complexity index is 943. The molecule has 0 fully saturated rings. The summed E-state index contributed by atoms with van der Waals surface area (Å²) in [6.07, 6.45) is -0.287. The minimum atomic E-state index is -1.02.